The van der Waals surface area contributed by atoms with Crippen LogP contribution in [0.4, 0.5) is 0 Å². The van der Waals surface area contributed by atoms with Gasteiger partial charge in [0.15, 0.2) is 0 Å². The number of carbonyl (C=O) groups excluding carboxylic acids is 2. The SMILES string of the molecule is CC(C)N1CC(C(N)=O)CC1=O. The zero-order chi connectivity index (χ0) is 9.30. The summed E-state index contributed by atoms with van der Waals surface area (Å²) in [5.41, 5.74) is 5.10. The monoisotopic (exact) mass is 170 g/mol. The van der Waals surface area contributed by atoms with Crippen molar-refractivity contribution in [1.29, 1.82) is 0 Å². The number of amides is 2. The summed E-state index contributed by atoms with van der Waals surface area (Å²) in [6.07, 6.45) is 0.285. The van der Waals surface area contributed by atoms with Gasteiger partial charge in [0.25, 0.3) is 0 Å². The summed E-state index contributed by atoms with van der Waals surface area (Å²) in [6.45, 7) is 4.36. The third-order valence-electron chi connectivity index (χ3n) is 2.18. The highest BCUT2D eigenvalue weighted by Crippen LogP contribution is 2.19. The van der Waals surface area contributed by atoms with E-state index in [-0.39, 0.29) is 30.2 Å². The van der Waals surface area contributed by atoms with Crippen molar-refractivity contribution >= 4 is 11.8 Å². The molecule has 0 aliphatic carbocycles. The van der Waals surface area contributed by atoms with Crippen molar-refractivity contribution < 1.29 is 9.59 Å². The molecule has 1 unspecified atom stereocenters. The molecule has 2 amide bonds. The lowest BCUT2D eigenvalue weighted by atomic mass is 10.1. The second kappa shape index (κ2) is 3.13. The molecule has 0 aromatic rings. The van der Waals surface area contributed by atoms with Crippen molar-refractivity contribution in [3.63, 3.8) is 0 Å². The standard InChI is InChI=1S/C8H14N2O2/c1-5(2)10-4-6(8(9)12)3-7(10)11/h5-6H,3-4H2,1-2H3,(H2,9,12). The third-order valence-corrected chi connectivity index (χ3v) is 2.18. The van der Waals surface area contributed by atoms with E-state index in [0.717, 1.165) is 0 Å². The molecule has 0 radical (unpaired) electrons. The van der Waals surface area contributed by atoms with Crippen molar-refractivity contribution in [1.82, 2.24) is 4.90 Å². The normalized spacial score (nSPS) is 23.8. The predicted octanol–water partition coefficient (Wildman–Crippen LogP) is -0.271. The number of primary amides is 1. The predicted molar refractivity (Wildman–Crippen MR) is 44.2 cm³/mol. The van der Waals surface area contributed by atoms with Gasteiger partial charge in [0.1, 0.15) is 0 Å². The van der Waals surface area contributed by atoms with E-state index in [1.54, 1.807) is 4.90 Å². The Labute approximate surface area is 71.7 Å². The molecule has 1 aliphatic rings. The van der Waals surface area contributed by atoms with Crippen molar-refractivity contribution in [2.24, 2.45) is 11.7 Å². The minimum atomic E-state index is -0.369. The van der Waals surface area contributed by atoms with E-state index in [4.69, 9.17) is 5.73 Å². The van der Waals surface area contributed by atoms with Crippen molar-refractivity contribution in [3.8, 4) is 0 Å². The summed E-state index contributed by atoms with van der Waals surface area (Å²) in [5, 5.41) is 0. The summed E-state index contributed by atoms with van der Waals surface area (Å²) < 4.78 is 0. The van der Waals surface area contributed by atoms with Gasteiger partial charge in [-0.25, -0.2) is 0 Å². The highest BCUT2D eigenvalue weighted by molar-refractivity contribution is 5.88. The van der Waals surface area contributed by atoms with Crippen LogP contribution in [-0.2, 0) is 9.59 Å². The van der Waals surface area contributed by atoms with Crippen LogP contribution in [0.3, 0.4) is 0 Å². The maximum Gasteiger partial charge on any atom is 0.223 e. The van der Waals surface area contributed by atoms with Crippen LogP contribution in [0.25, 0.3) is 0 Å². The molecule has 1 rings (SSSR count). The van der Waals surface area contributed by atoms with Crippen LogP contribution >= 0.6 is 0 Å². The quantitative estimate of drug-likeness (QED) is 0.620. The van der Waals surface area contributed by atoms with E-state index in [1.807, 2.05) is 13.8 Å². The van der Waals surface area contributed by atoms with E-state index in [1.165, 1.54) is 0 Å². The van der Waals surface area contributed by atoms with E-state index in [9.17, 15) is 9.59 Å². The average Bonchev–Trinajstić information content (AvgIpc) is 2.30. The van der Waals surface area contributed by atoms with Gasteiger partial charge in [-0.15, -0.1) is 0 Å². The molecule has 0 bridgehead atoms. The third kappa shape index (κ3) is 1.57. The number of hydrogen-bond donors (Lipinski definition) is 1. The Hall–Kier alpha value is -1.06. The van der Waals surface area contributed by atoms with Gasteiger partial charge >= 0.3 is 0 Å². The summed E-state index contributed by atoms with van der Waals surface area (Å²) in [6, 6.07) is 0.168. The maximum atomic E-state index is 11.2. The van der Waals surface area contributed by atoms with Crippen LogP contribution < -0.4 is 5.73 Å². The molecule has 0 spiro atoms. The van der Waals surface area contributed by atoms with Gasteiger partial charge in [0.05, 0.1) is 5.92 Å². The highest BCUT2D eigenvalue weighted by Gasteiger charge is 2.33. The summed E-state index contributed by atoms with van der Waals surface area (Å²) >= 11 is 0. The first-order chi connectivity index (χ1) is 5.52. The van der Waals surface area contributed by atoms with E-state index >= 15 is 0 Å². The largest absolute Gasteiger partial charge is 0.369 e. The molecule has 0 aromatic carbocycles. The Morgan fingerprint density at radius 1 is 1.67 bits per heavy atom. The Balaban J connectivity index is 2.62. The van der Waals surface area contributed by atoms with Crippen LogP contribution in [-0.4, -0.2) is 29.3 Å². The average molecular weight is 170 g/mol. The van der Waals surface area contributed by atoms with Crippen LogP contribution in [0.2, 0.25) is 0 Å². The molecule has 1 atom stereocenters. The molecule has 68 valence electrons. The second-order valence-corrected chi connectivity index (χ2v) is 3.44. The molecule has 1 saturated heterocycles. The number of hydrogen-bond acceptors (Lipinski definition) is 2. The number of rotatable bonds is 2. The first-order valence-corrected chi connectivity index (χ1v) is 4.11. The minimum Gasteiger partial charge on any atom is -0.369 e. The van der Waals surface area contributed by atoms with Crippen LogP contribution in [0.15, 0.2) is 0 Å². The zero-order valence-electron chi connectivity index (χ0n) is 7.41. The van der Waals surface area contributed by atoms with Gasteiger partial charge < -0.3 is 10.6 Å². The van der Waals surface area contributed by atoms with Gasteiger partial charge in [-0.3, -0.25) is 9.59 Å². The molecule has 4 nitrogen and oxygen atoms in total. The topological polar surface area (TPSA) is 63.4 Å². The lowest BCUT2D eigenvalue weighted by Crippen LogP contribution is -2.33. The van der Waals surface area contributed by atoms with Gasteiger partial charge in [0, 0.05) is 19.0 Å². The fraction of sp³-hybridized carbons (Fsp3) is 0.750. The van der Waals surface area contributed by atoms with Crippen LogP contribution in [0.1, 0.15) is 20.3 Å². The Bertz CT molecular complexity index is 213. The molecule has 1 aliphatic heterocycles. The van der Waals surface area contributed by atoms with E-state index in [0.29, 0.717) is 6.54 Å². The van der Waals surface area contributed by atoms with Crippen LogP contribution in [0.5, 0.6) is 0 Å². The lowest BCUT2D eigenvalue weighted by Gasteiger charge is -2.20. The lowest BCUT2D eigenvalue weighted by molar-refractivity contribution is -0.129. The molecular formula is C8H14N2O2. The molecule has 0 saturated carbocycles. The fourth-order valence-corrected chi connectivity index (χ4v) is 1.42. The Kier molecular flexibility index (Phi) is 2.35. The van der Waals surface area contributed by atoms with Gasteiger partial charge in [-0.05, 0) is 13.8 Å². The molecule has 1 fully saturated rings. The molecule has 2 N–H and O–H groups in total. The molecule has 1 heterocycles. The fourth-order valence-electron chi connectivity index (χ4n) is 1.42. The molecular weight excluding hydrogens is 156 g/mol. The van der Waals surface area contributed by atoms with Gasteiger partial charge in [0.2, 0.25) is 11.8 Å². The molecule has 4 heteroatoms. The minimum absolute atomic E-state index is 0.0359. The molecule has 0 aromatic heterocycles. The summed E-state index contributed by atoms with van der Waals surface area (Å²) in [5.74, 6) is -0.611. The number of nitrogens with zero attached hydrogens (tertiary/aromatic N) is 1. The van der Waals surface area contributed by atoms with E-state index < -0.39 is 0 Å². The first-order valence-electron chi connectivity index (χ1n) is 4.11. The van der Waals surface area contributed by atoms with Crippen molar-refractivity contribution in [2.45, 2.75) is 26.3 Å². The number of likely N-dealkylation sites (tertiary alicyclic amines) is 1. The summed E-state index contributed by atoms with van der Waals surface area (Å²) in [4.78, 5) is 23.7. The van der Waals surface area contributed by atoms with E-state index in [2.05, 4.69) is 0 Å². The number of carbonyl (C=O) groups is 2. The second-order valence-electron chi connectivity index (χ2n) is 3.44. The van der Waals surface area contributed by atoms with Crippen molar-refractivity contribution in [2.75, 3.05) is 6.54 Å². The first kappa shape index (κ1) is 9.03. The van der Waals surface area contributed by atoms with Gasteiger partial charge in [-0.2, -0.15) is 0 Å². The highest BCUT2D eigenvalue weighted by atomic mass is 16.2. The Morgan fingerprint density at radius 3 is 2.50 bits per heavy atom. The zero-order valence-corrected chi connectivity index (χ0v) is 7.41. The van der Waals surface area contributed by atoms with Crippen LogP contribution in [0, 0.1) is 5.92 Å². The molecule has 12 heavy (non-hydrogen) atoms. The maximum absolute atomic E-state index is 11.2. The Morgan fingerprint density at radius 2 is 2.25 bits per heavy atom. The van der Waals surface area contributed by atoms with Gasteiger partial charge in [-0.1, -0.05) is 0 Å². The summed E-state index contributed by atoms with van der Waals surface area (Å²) in [7, 11) is 0. The number of nitrogens with two attached hydrogens (primary N) is 1. The smallest absolute Gasteiger partial charge is 0.223 e. The van der Waals surface area contributed by atoms with Crippen molar-refractivity contribution in [3.05, 3.63) is 0 Å².